The summed E-state index contributed by atoms with van der Waals surface area (Å²) in [4.78, 5) is 44.7. The molecule has 2 heterocycles. The molecular formula is C24H19BrClFN3O4S-. The van der Waals surface area contributed by atoms with Gasteiger partial charge in [-0.25, -0.2) is 14.2 Å². The van der Waals surface area contributed by atoms with Gasteiger partial charge in [-0.2, -0.15) is 0 Å². The van der Waals surface area contributed by atoms with Gasteiger partial charge in [0.15, 0.2) is 5.17 Å². The van der Waals surface area contributed by atoms with Gasteiger partial charge >= 0.3 is 5.97 Å². The minimum atomic E-state index is -0.885. The number of nitrogens with zero attached hydrogens (tertiary/aromatic N) is 2. The molecule has 0 bridgehead atoms. The maximum absolute atomic E-state index is 13.6. The molecule has 1 N–H and O–H groups in total. The number of nitrogens with one attached hydrogen (secondary N) is 1. The van der Waals surface area contributed by atoms with Gasteiger partial charge in [0, 0.05) is 16.8 Å². The predicted molar refractivity (Wildman–Crippen MR) is 129 cm³/mol. The lowest BCUT2D eigenvalue weighted by molar-refractivity contribution is -0.139. The van der Waals surface area contributed by atoms with Crippen molar-refractivity contribution >= 4 is 52.0 Å². The summed E-state index contributed by atoms with van der Waals surface area (Å²) >= 11 is 6.88. The van der Waals surface area contributed by atoms with Crippen molar-refractivity contribution in [3.05, 3.63) is 87.2 Å². The van der Waals surface area contributed by atoms with E-state index >= 15 is 0 Å². The van der Waals surface area contributed by atoms with E-state index in [9.17, 15) is 18.8 Å². The lowest BCUT2D eigenvalue weighted by atomic mass is 9.94. The summed E-state index contributed by atoms with van der Waals surface area (Å²) in [5.74, 6) is -2.10. The molecule has 7 nitrogen and oxygen atoms in total. The third-order valence-corrected chi connectivity index (χ3v) is 6.34. The average Bonchev–Trinajstić information content (AvgIpc) is 2.80. The molecule has 1 unspecified atom stereocenters. The first-order valence-electron chi connectivity index (χ1n) is 10.3. The van der Waals surface area contributed by atoms with E-state index < -0.39 is 29.6 Å². The number of ether oxygens (including phenoxy) is 1. The van der Waals surface area contributed by atoms with Crippen molar-refractivity contribution in [2.24, 2.45) is 4.99 Å². The van der Waals surface area contributed by atoms with Crippen LogP contribution in [0.5, 0.6) is 0 Å². The molecule has 2 amide bonds. The van der Waals surface area contributed by atoms with Crippen molar-refractivity contribution in [1.82, 2.24) is 4.90 Å². The van der Waals surface area contributed by atoms with Crippen molar-refractivity contribution in [1.29, 1.82) is 0 Å². The first kappa shape index (κ1) is 26.7. The Balaban J connectivity index is 0.00000342. The summed E-state index contributed by atoms with van der Waals surface area (Å²) in [6, 6.07) is 11.2. The van der Waals surface area contributed by atoms with Gasteiger partial charge in [0.1, 0.15) is 5.82 Å². The van der Waals surface area contributed by atoms with Gasteiger partial charge in [0.05, 0.1) is 28.8 Å². The predicted octanol–water partition coefficient (Wildman–Crippen LogP) is 1.83. The number of fused-ring (bicyclic) bond motifs is 1. The Kier molecular flexibility index (Phi) is 8.52. The number of halogens is 3. The van der Waals surface area contributed by atoms with Gasteiger partial charge in [-0.3, -0.25) is 14.5 Å². The summed E-state index contributed by atoms with van der Waals surface area (Å²) in [5.41, 5.74) is 1.54. The summed E-state index contributed by atoms with van der Waals surface area (Å²) in [5, 5.41) is 3.48. The maximum atomic E-state index is 13.6. The molecule has 0 aromatic heterocycles. The SMILES string of the molecule is CCOC(=O)C1=C(C)N=C2SC(C(=O)Nc3ccc(Cl)cc3)=CC(=O)N2C1c1ccc(F)cc1.[Br-]. The molecule has 11 heteroatoms. The van der Waals surface area contributed by atoms with Crippen LogP contribution < -0.4 is 22.3 Å². The lowest BCUT2D eigenvalue weighted by Gasteiger charge is -2.38. The molecule has 0 aliphatic carbocycles. The maximum Gasteiger partial charge on any atom is 0.338 e. The van der Waals surface area contributed by atoms with Gasteiger partial charge in [0.25, 0.3) is 11.8 Å². The molecule has 0 saturated carbocycles. The second-order valence-electron chi connectivity index (χ2n) is 7.35. The van der Waals surface area contributed by atoms with Crippen LogP contribution in [0, 0.1) is 5.82 Å². The van der Waals surface area contributed by atoms with E-state index in [-0.39, 0.29) is 39.2 Å². The molecule has 0 spiro atoms. The number of rotatable bonds is 5. The topological polar surface area (TPSA) is 88.1 Å². The number of anilines is 1. The van der Waals surface area contributed by atoms with Gasteiger partial charge in [-0.1, -0.05) is 23.7 Å². The number of benzene rings is 2. The normalized spacial score (nSPS) is 17.1. The van der Waals surface area contributed by atoms with Gasteiger partial charge in [-0.05, 0) is 67.6 Å². The Morgan fingerprint density at radius 1 is 1.17 bits per heavy atom. The van der Waals surface area contributed by atoms with Crippen LogP contribution in [-0.2, 0) is 19.1 Å². The van der Waals surface area contributed by atoms with Crippen LogP contribution in [0.1, 0.15) is 25.5 Å². The Hall–Kier alpha value is -2.95. The number of aliphatic imine (C=N–C) groups is 1. The van der Waals surface area contributed by atoms with Crippen LogP contribution >= 0.6 is 23.4 Å². The molecule has 35 heavy (non-hydrogen) atoms. The van der Waals surface area contributed by atoms with Gasteiger partial charge in [0.2, 0.25) is 0 Å². The first-order valence-corrected chi connectivity index (χ1v) is 11.5. The van der Waals surface area contributed by atoms with Crippen LogP contribution in [0.15, 0.2) is 75.8 Å². The van der Waals surface area contributed by atoms with Crippen molar-refractivity contribution < 1.29 is 40.5 Å². The number of amidine groups is 1. The highest BCUT2D eigenvalue weighted by atomic mass is 79.9. The summed E-state index contributed by atoms with van der Waals surface area (Å²) in [6.45, 7) is 3.44. The fourth-order valence-corrected chi connectivity index (χ4v) is 4.67. The number of hydrogen-bond donors (Lipinski definition) is 1. The number of thioether (sulfide) groups is 1. The van der Waals surface area contributed by atoms with Crippen LogP contribution in [0.3, 0.4) is 0 Å². The van der Waals surface area contributed by atoms with Gasteiger partial charge < -0.3 is 27.0 Å². The van der Waals surface area contributed by atoms with Gasteiger partial charge in [-0.15, -0.1) is 0 Å². The number of hydrogen-bond acceptors (Lipinski definition) is 6. The summed E-state index contributed by atoms with van der Waals surface area (Å²) in [6.07, 6.45) is 1.19. The highest BCUT2D eigenvalue weighted by Gasteiger charge is 2.42. The summed E-state index contributed by atoms with van der Waals surface area (Å²) in [7, 11) is 0. The number of carbonyl (C=O) groups is 3. The number of amides is 2. The third-order valence-electron chi connectivity index (χ3n) is 5.09. The van der Waals surface area contributed by atoms with Crippen molar-refractivity contribution in [2.45, 2.75) is 19.9 Å². The van der Waals surface area contributed by atoms with Crippen molar-refractivity contribution in [3.63, 3.8) is 0 Å². The zero-order chi connectivity index (χ0) is 24.4. The molecule has 2 aliphatic heterocycles. The highest BCUT2D eigenvalue weighted by Crippen LogP contribution is 2.42. The first-order chi connectivity index (χ1) is 16.3. The number of esters is 1. The van der Waals surface area contributed by atoms with E-state index in [1.807, 2.05) is 0 Å². The zero-order valence-corrected chi connectivity index (χ0v) is 21.7. The lowest BCUT2D eigenvalue weighted by Crippen LogP contribution is -3.00. The number of allylic oxidation sites excluding steroid dienone is 1. The average molecular weight is 580 g/mol. The Morgan fingerprint density at radius 2 is 1.83 bits per heavy atom. The Morgan fingerprint density at radius 3 is 2.46 bits per heavy atom. The summed E-state index contributed by atoms with van der Waals surface area (Å²) < 4.78 is 18.8. The largest absolute Gasteiger partial charge is 1.00 e. The van der Waals surface area contributed by atoms with Crippen LogP contribution in [-0.4, -0.2) is 34.5 Å². The van der Waals surface area contributed by atoms with Crippen LogP contribution in [0.4, 0.5) is 10.1 Å². The molecule has 2 aliphatic rings. The van der Waals surface area contributed by atoms with E-state index in [1.165, 1.54) is 35.2 Å². The Labute approximate surface area is 220 Å². The Bertz CT molecular complexity index is 1260. The molecule has 4 rings (SSSR count). The monoisotopic (exact) mass is 578 g/mol. The second-order valence-corrected chi connectivity index (χ2v) is 8.79. The van der Waals surface area contributed by atoms with Crippen molar-refractivity contribution in [3.8, 4) is 0 Å². The van der Waals surface area contributed by atoms with E-state index in [0.29, 0.717) is 22.0 Å². The molecule has 0 fully saturated rings. The molecule has 0 radical (unpaired) electrons. The molecule has 0 saturated heterocycles. The van der Waals surface area contributed by atoms with E-state index in [2.05, 4.69) is 10.3 Å². The van der Waals surface area contributed by atoms with E-state index in [4.69, 9.17) is 16.3 Å². The standard InChI is InChI=1S/C24H19ClFN3O4S.BrH/c1-3-33-23(32)20-13(2)27-24-29(21(20)14-4-8-16(26)9-5-14)19(30)12-18(34-24)22(31)28-17-10-6-15(25)7-11-17;/h4-12,21H,3H2,1-2H3,(H,28,31);1H/p-1. The fourth-order valence-electron chi connectivity index (χ4n) is 3.56. The smallest absolute Gasteiger partial charge is 0.338 e. The van der Waals surface area contributed by atoms with E-state index in [0.717, 1.165) is 11.8 Å². The quantitative estimate of drug-likeness (QED) is 0.547. The molecule has 2 aromatic rings. The minimum Gasteiger partial charge on any atom is -1.00 e. The van der Waals surface area contributed by atoms with Crippen molar-refractivity contribution in [2.75, 3.05) is 11.9 Å². The molecule has 1 atom stereocenters. The fraction of sp³-hybridized carbons (Fsp3) is 0.167. The van der Waals surface area contributed by atoms with Crippen LogP contribution in [0.25, 0.3) is 0 Å². The third kappa shape index (κ3) is 5.66. The minimum absolute atomic E-state index is 0. The molecule has 182 valence electrons. The molecule has 2 aromatic carbocycles. The zero-order valence-electron chi connectivity index (χ0n) is 18.6. The van der Waals surface area contributed by atoms with E-state index in [1.54, 1.807) is 38.1 Å². The number of carbonyl (C=O) groups excluding carboxylic acids is 3. The highest BCUT2D eigenvalue weighted by molar-refractivity contribution is 8.18. The molecular weight excluding hydrogens is 561 g/mol. The van der Waals surface area contributed by atoms with Crippen LogP contribution in [0.2, 0.25) is 5.02 Å². The second kappa shape index (κ2) is 11.2.